The number of Topliss-reactive ketones (excluding diaryl/α,β-unsaturated/α-hetero) is 1. The number of hydrogen-bond acceptors (Lipinski definition) is 3. The van der Waals surface area contributed by atoms with Gasteiger partial charge in [-0.15, -0.1) is 0 Å². The summed E-state index contributed by atoms with van der Waals surface area (Å²) in [6.45, 7) is 0.768. The fourth-order valence-electron chi connectivity index (χ4n) is 1.96. The van der Waals surface area contributed by atoms with Crippen molar-refractivity contribution in [2.24, 2.45) is 0 Å². The molecule has 1 aliphatic rings. The number of carbonyl (C=O) groups is 2. The summed E-state index contributed by atoms with van der Waals surface area (Å²) in [5.41, 5.74) is -2.90. The summed E-state index contributed by atoms with van der Waals surface area (Å²) >= 11 is 3.12. The van der Waals surface area contributed by atoms with Gasteiger partial charge < -0.3 is 4.74 Å². The molecule has 1 atom stereocenters. The lowest BCUT2D eigenvalue weighted by atomic mass is 9.85. The summed E-state index contributed by atoms with van der Waals surface area (Å²) in [5, 5.41) is 0. The van der Waals surface area contributed by atoms with Crippen molar-refractivity contribution in [1.29, 1.82) is 0 Å². The van der Waals surface area contributed by atoms with Crippen molar-refractivity contribution < 1.29 is 27.5 Å². The van der Waals surface area contributed by atoms with Crippen LogP contribution >= 0.6 is 15.9 Å². The van der Waals surface area contributed by atoms with Gasteiger partial charge in [0.25, 0.3) is 5.60 Å². The smallest absolute Gasteiger partial charge is 0.436 e. The number of esters is 1. The lowest BCUT2D eigenvalue weighted by Gasteiger charge is -2.36. The molecule has 7 heteroatoms. The third-order valence-corrected chi connectivity index (χ3v) is 3.52. The zero-order chi connectivity index (χ0) is 14.4. The third kappa shape index (κ3) is 2.16. The molecule has 0 spiro atoms. The molecule has 1 aromatic rings. The van der Waals surface area contributed by atoms with Crippen LogP contribution in [0.1, 0.15) is 22.8 Å². The van der Waals surface area contributed by atoms with Crippen LogP contribution in [-0.2, 0) is 16.0 Å². The molecular formula is C12H8BrF3O3. The third-order valence-electron chi connectivity index (χ3n) is 3.02. The van der Waals surface area contributed by atoms with Crippen LogP contribution in [0.3, 0.4) is 0 Å². The van der Waals surface area contributed by atoms with Crippen molar-refractivity contribution in [3.05, 3.63) is 33.8 Å². The molecule has 1 aliphatic heterocycles. The number of alkyl halides is 3. The van der Waals surface area contributed by atoms with Crippen molar-refractivity contribution in [1.82, 2.24) is 0 Å². The molecule has 1 unspecified atom stereocenters. The van der Waals surface area contributed by atoms with E-state index < -0.39 is 30.0 Å². The average molecular weight is 337 g/mol. The minimum absolute atomic E-state index is 0.0375. The Morgan fingerprint density at radius 1 is 1.42 bits per heavy atom. The number of ketones is 1. The lowest BCUT2D eigenvalue weighted by Crippen LogP contribution is -2.58. The SMILES string of the molecule is CC(=O)C1(C(F)(F)F)Cc2ccc(Br)cc2C(=O)O1. The van der Waals surface area contributed by atoms with E-state index in [1.54, 1.807) is 0 Å². The van der Waals surface area contributed by atoms with Crippen LogP contribution in [0.15, 0.2) is 22.7 Å². The monoisotopic (exact) mass is 336 g/mol. The largest absolute Gasteiger partial charge is 0.437 e. The molecule has 0 saturated heterocycles. The van der Waals surface area contributed by atoms with Crippen LogP contribution < -0.4 is 0 Å². The van der Waals surface area contributed by atoms with Gasteiger partial charge >= 0.3 is 12.1 Å². The second-order valence-corrected chi connectivity index (χ2v) is 5.16. The first-order valence-electron chi connectivity index (χ1n) is 5.27. The number of fused-ring (bicyclic) bond motifs is 1. The Morgan fingerprint density at radius 3 is 2.58 bits per heavy atom. The molecule has 0 fully saturated rings. The molecule has 0 saturated carbocycles. The highest BCUT2D eigenvalue weighted by molar-refractivity contribution is 9.10. The molecule has 0 aliphatic carbocycles. The Kier molecular flexibility index (Phi) is 3.20. The summed E-state index contributed by atoms with van der Waals surface area (Å²) in [4.78, 5) is 23.1. The molecule has 0 radical (unpaired) electrons. The Bertz CT molecular complexity index is 568. The number of ether oxygens (including phenoxy) is 1. The van der Waals surface area contributed by atoms with Crippen LogP contribution in [0.25, 0.3) is 0 Å². The fourth-order valence-corrected chi connectivity index (χ4v) is 2.33. The molecule has 102 valence electrons. The number of carbonyl (C=O) groups excluding carboxylic acids is 2. The second kappa shape index (κ2) is 4.33. The molecule has 0 amide bonds. The lowest BCUT2D eigenvalue weighted by molar-refractivity contribution is -0.250. The van der Waals surface area contributed by atoms with Crippen molar-refractivity contribution in [3.63, 3.8) is 0 Å². The van der Waals surface area contributed by atoms with E-state index in [9.17, 15) is 22.8 Å². The number of benzene rings is 1. The van der Waals surface area contributed by atoms with Crippen molar-refractivity contribution >= 4 is 27.7 Å². The van der Waals surface area contributed by atoms with Crippen LogP contribution in [0, 0.1) is 0 Å². The zero-order valence-corrected chi connectivity index (χ0v) is 11.3. The van der Waals surface area contributed by atoms with Gasteiger partial charge in [0.05, 0.1) is 5.56 Å². The molecule has 0 bridgehead atoms. The van der Waals surface area contributed by atoms with E-state index in [1.807, 2.05) is 0 Å². The molecule has 0 aromatic heterocycles. The molecule has 19 heavy (non-hydrogen) atoms. The van der Waals surface area contributed by atoms with Gasteiger partial charge in [-0.25, -0.2) is 4.79 Å². The highest BCUT2D eigenvalue weighted by Gasteiger charge is 2.63. The normalized spacial score (nSPS) is 22.7. The molecule has 1 aromatic carbocycles. The van der Waals surface area contributed by atoms with Crippen LogP contribution in [-0.4, -0.2) is 23.5 Å². The Balaban J connectivity index is 2.58. The standard InChI is InChI=1S/C12H8BrF3O3/c1-6(17)11(12(14,15)16)5-7-2-3-8(13)4-9(7)10(18)19-11/h2-4H,5H2,1H3. The van der Waals surface area contributed by atoms with Crippen LogP contribution in [0.2, 0.25) is 0 Å². The van der Waals surface area contributed by atoms with Crippen LogP contribution in [0.5, 0.6) is 0 Å². The Hall–Kier alpha value is -1.37. The molecule has 0 N–H and O–H groups in total. The number of halogens is 4. The van der Waals surface area contributed by atoms with Gasteiger partial charge in [0.1, 0.15) is 0 Å². The summed E-state index contributed by atoms with van der Waals surface area (Å²) in [7, 11) is 0. The maximum Gasteiger partial charge on any atom is 0.436 e. The molecule has 2 rings (SSSR count). The number of cyclic esters (lactones) is 1. The van der Waals surface area contributed by atoms with E-state index in [0.29, 0.717) is 4.47 Å². The van der Waals surface area contributed by atoms with Gasteiger partial charge in [0.2, 0.25) is 0 Å². The van der Waals surface area contributed by atoms with E-state index in [1.165, 1.54) is 18.2 Å². The van der Waals surface area contributed by atoms with Gasteiger partial charge in [0.15, 0.2) is 5.78 Å². The minimum atomic E-state index is -4.95. The van der Waals surface area contributed by atoms with Crippen molar-refractivity contribution in [2.75, 3.05) is 0 Å². The zero-order valence-electron chi connectivity index (χ0n) is 9.68. The second-order valence-electron chi connectivity index (χ2n) is 4.25. The molecular weight excluding hydrogens is 329 g/mol. The first-order chi connectivity index (χ1) is 8.67. The van der Waals surface area contributed by atoms with Gasteiger partial charge in [-0.2, -0.15) is 13.2 Å². The van der Waals surface area contributed by atoms with E-state index in [0.717, 1.165) is 6.92 Å². The Labute approximate surface area is 114 Å². The molecule has 1 heterocycles. The first kappa shape index (κ1) is 14.0. The maximum absolute atomic E-state index is 13.1. The highest BCUT2D eigenvalue weighted by Crippen LogP contribution is 2.41. The van der Waals surface area contributed by atoms with Crippen molar-refractivity contribution in [3.8, 4) is 0 Å². The van der Waals surface area contributed by atoms with Gasteiger partial charge in [-0.3, -0.25) is 4.79 Å². The summed E-state index contributed by atoms with van der Waals surface area (Å²) < 4.78 is 44.3. The van der Waals surface area contributed by atoms with Gasteiger partial charge in [-0.1, -0.05) is 22.0 Å². The van der Waals surface area contributed by atoms with Crippen molar-refractivity contribution in [2.45, 2.75) is 25.1 Å². The van der Waals surface area contributed by atoms with E-state index in [4.69, 9.17) is 0 Å². The molecule has 3 nitrogen and oxygen atoms in total. The summed E-state index contributed by atoms with van der Waals surface area (Å²) in [6.07, 6.45) is -5.64. The number of hydrogen-bond donors (Lipinski definition) is 0. The van der Waals surface area contributed by atoms with Gasteiger partial charge in [-0.05, 0) is 24.6 Å². The topological polar surface area (TPSA) is 43.4 Å². The average Bonchev–Trinajstić information content (AvgIpc) is 2.28. The minimum Gasteiger partial charge on any atom is -0.437 e. The Morgan fingerprint density at radius 2 is 2.05 bits per heavy atom. The van der Waals surface area contributed by atoms with E-state index in [-0.39, 0.29) is 11.1 Å². The summed E-state index contributed by atoms with van der Waals surface area (Å²) in [5.74, 6) is -2.38. The highest BCUT2D eigenvalue weighted by atomic mass is 79.9. The fraction of sp³-hybridized carbons (Fsp3) is 0.333. The predicted molar refractivity (Wildman–Crippen MR) is 62.7 cm³/mol. The van der Waals surface area contributed by atoms with E-state index >= 15 is 0 Å². The predicted octanol–water partition coefficient (Wildman–Crippen LogP) is 3.05. The summed E-state index contributed by atoms with van der Waals surface area (Å²) in [6, 6.07) is 4.26. The van der Waals surface area contributed by atoms with Crippen LogP contribution in [0.4, 0.5) is 13.2 Å². The quantitative estimate of drug-likeness (QED) is 0.740. The van der Waals surface area contributed by atoms with Gasteiger partial charge in [0, 0.05) is 10.9 Å². The van der Waals surface area contributed by atoms with E-state index in [2.05, 4.69) is 20.7 Å². The number of rotatable bonds is 1. The first-order valence-corrected chi connectivity index (χ1v) is 6.06. The maximum atomic E-state index is 13.1.